The molecule has 1 unspecified atom stereocenters. The summed E-state index contributed by atoms with van der Waals surface area (Å²) in [4.78, 5) is 17.1. The number of ether oxygens (including phenoxy) is 1. The standard InChI is InChI=1S/C21H20F3N3O3/c22-21(23,24)15-4-1-13(2-5-15)14-3-6-18-17(11-14)19(25-8-10-30-18)26-16-7-9-27(12-16)20(28)29/h1-6,11,16H,7-10,12H2,(H,25,26)(H,28,29). The van der Waals surface area contributed by atoms with Gasteiger partial charge in [-0.1, -0.05) is 18.2 Å². The molecule has 2 N–H and O–H groups in total. The number of amides is 1. The average molecular weight is 419 g/mol. The Balaban J connectivity index is 1.60. The quantitative estimate of drug-likeness (QED) is 0.776. The Morgan fingerprint density at radius 1 is 1.17 bits per heavy atom. The highest BCUT2D eigenvalue weighted by molar-refractivity contribution is 6.02. The van der Waals surface area contributed by atoms with Crippen LogP contribution in [0, 0.1) is 0 Å². The molecule has 2 aromatic rings. The molecule has 2 aliphatic heterocycles. The molecule has 1 saturated heterocycles. The molecule has 158 valence electrons. The number of rotatable bonds is 2. The summed E-state index contributed by atoms with van der Waals surface area (Å²) in [5, 5.41) is 12.5. The van der Waals surface area contributed by atoms with Crippen LogP contribution in [0.25, 0.3) is 11.1 Å². The fraction of sp³-hybridized carbons (Fsp3) is 0.333. The number of benzene rings is 2. The Bertz CT molecular complexity index is 974. The Kier molecular flexibility index (Phi) is 5.27. The van der Waals surface area contributed by atoms with Crippen LogP contribution in [-0.4, -0.2) is 54.2 Å². The minimum absolute atomic E-state index is 0.0690. The van der Waals surface area contributed by atoms with Gasteiger partial charge in [0.05, 0.1) is 17.7 Å². The summed E-state index contributed by atoms with van der Waals surface area (Å²) in [6.45, 7) is 1.67. The zero-order valence-corrected chi connectivity index (χ0v) is 15.9. The van der Waals surface area contributed by atoms with Gasteiger partial charge in [0.2, 0.25) is 0 Å². The van der Waals surface area contributed by atoms with Crippen LogP contribution in [-0.2, 0) is 6.18 Å². The normalized spacial score (nSPS) is 18.8. The third-order valence-electron chi connectivity index (χ3n) is 5.20. The van der Waals surface area contributed by atoms with Crippen molar-refractivity contribution < 1.29 is 27.8 Å². The van der Waals surface area contributed by atoms with Crippen molar-refractivity contribution in [3.05, 3.63) is 53.6 Å². The Labute approximate surface area is 171 Å². The van der Waals surface area contributed by atoms with Gasteiger partial charge < -0.3 is 20.1 Å². The predicted molar refractivity (Wildman–Crippen MR) is 105 cm³/mol. The van der Waals surface area contributed by atoms with E-state index in [1.165, 1.54) is 17.0 Å². The van der Waals surface area contributed by atoms with Crippen LogP contribution < -0.4 is 10.1 Å². The van der Waals surface area contributed by atoms with E-state index in [0.717, 1.165) is 17.7 Å². The molecule has 1 amide bonds. The molecule has 2 heterocycles. The van der Waals surface area contributed by atoms with Crippen molar-refractivity contribution in [2.24, 2.45) is 4.99 Å². The number of nitrogens with zero attached hydrogens (tertiary/aromatic N) is 2. The van der Waals surface area contributed by atoms with Gasteiger partial charge >= 0.3 is 12.3 Å². The van der Waals surface area contributed by atoms with Crippen LogP contribution in [0.3, 0.4) is 0 Å². The Morgan fingerprint density at radius 2 is 1.90 bits per heavy atom. The van der Waals surface area contributed by atoms with Crippen LogP contribution >= 0.6 is 0 Å². The maximum Gasteiger partial charge on any atom is 0.416 e. The van der Waals surface area contributed by atoms with E-state index in [1.54, 1.807) is 12.1 Å². The second kappa shape index (κ2) is 7.89. The zero-order chi connectivity index (χ0) is 21.3. The summed E-state index contributed by atoms with van der Waals surface area (Å²) in [7, 11) is 0. The van der Waals surface area contributed by atoms with E-state index < -0.39 is 17.8 Å². The minimum atomic E-state index is -4.38. The number of alkyl halides is 3. The van der Waals surface area contributed by atoms with Gasteiger partial charge in [-0.25, -0.2) is 4.79 Å². The van der Waals surface area contributed by atoms with Gasteiger partial charge in [-0.05, 0) is 41.8 Å². The Hall–Kier alpha value is -3.23. The van der Waals surface area contributed by atoms with Crippen molar-refractivity contribution in [2.45, 2.75) is 18.6 Å². The summed E-state index contributed by atoms with van der Waals surface area (Å²) in [5.74, 6) is 1.23. The summed E-state index contributed by atoms with van der Waals surface area (Å²) >= 11 is 0. The Morgan fingerprint density at radius 3 is 2.57 bits per heavy atom. The van der Waals surface area contributed by atoms with Gasteiger partial charge in [-0.15, -0.1) is 0 Å². The highest BCUT2D eigenvalue weighted by atomic mass is 19.4. The summed E-state index contributed by atoms with van der Waals surface area (Å²) in [5.41, 5.74) is 1.39. The van der Waals surface area contributed by atoms with Crippen LogP contribution in [0.2, 0.25) is 0 Å². The molecule has 2 aromatic carbocycles. The van der Waals surface area contributed by atoms with Gasteiger partial charge in [0.25, 0.3) is 0 Å². The van der Waals surface area contributed by atoms with Gasteiger partial charge in [0.1, 0.15) is 18.2 Å². The molecule has 0 aliphatic carbocycles. The number of carbonyl (C=O) groups is 1. The molecule has 6 nitrogen and oxygen atoms in total. The lowest BCUT2D eigenvalue weighted by Gasteiger charge is -2.18. The number of hydrogen-bond acceptors (Lipinski definition) is 4. The van der Waals surface area contributed by atoms with Crippen molar-refractivity contribution in [1.82, 2.24) is 10.2 Å². The van der Waals surface area contributed by atoms with Crippen LogP contribution in [0.4, 0.5) is 18.0 Å². The molecule has 0 bridgehead atoms. The summed E-state index contributed by atoms with van der Waals surface area (Å²) in [6.07, 6.45) is -4.66. The minimum Gasteiger partial charge on any atom is -0.491 e. The molecule has 0 spiro atoms. The monoisotopic (exact) mass is 419 g/mol. The van der Waals surface area contributed by atoms with E-state index in [-0.39, 0.29) is 6.04 Å². The third kappa shape index (κ3) is 4.19. The van der Waals surface area contributed by atoms with Gasteiger partial charge in [0.15, 0.2) is 0 Å². The van der Waals surface area contributed by atoms with E-state index in [0.29, 0.717) is 55.4 Å². The molecule has 4 rings (SSSR count). The molecular weight excluding hydrogens is 399 g/mol. The van der Waals surface area contributed by atoms with E-state index in [1.807, 2.05) is 6.07 Å². The fourth-order valence-corrected chi connectivity index (χ4v) is 3.64. The lowest BCUT2D eigenvalue weighted by Crippen LogP contribution is -2.38. The maximum atomic E-state index is 12.8. The lowest BCUT2D eigenvalue weighted by atomic mass is 10.00. The number of hydrogen-bond donors (Lipinski definition) is 2. The predicted octanol–water partition coefficient (Wildman–Crippen LogP) is 3.85. The number of halogens is 3. The first-order valence-electron chi connectivity index (χ1n) is 9.55. The smallest absolute Gasteiger partial charge is 0.416 e. The molecule has 0 radical (unpaired) electrons. The highest BCUT2D eigenvalue weighted by Crippen LogP contribution is 2.33. The zero-order valence-electron chi connectivity index (χ0n) is 15.9. The van der Waals surface area contributed by atoms with Crippen LogP contribution in [0.15, 0.2) is 47.5 Å². The van der Waals surface area contributed by atoms with Crippen molar-refractivity contribution in [2.75, 3.05) is 26.2 Å². The average Bonchev–Trinajstić information content (AvgIpc) is 3.10. The van der Waals surface area contributed by atoms with Gasteiger partial charge in [-0.2, -0.15) is 13.2 Å². The second-order valence-corrected chi connectivity index (χ2v) is 7.22. The van der Waals surface area contributed by atoms with Crippen LogP contribution in [0.5, 0.6) is 5.75 Å². The third-order valence-corrected chi connectivity index (χ3v) is 5.20. The van der Waals surface area contributed by atoms with E-state index in [9.17, 15) is 18.0 Å². The second-order valence-electron chi connectivity index (χ2n) is 7.22. The molecule has 0 saturated carbocycles. The molecule has 9 heteroatoms. The van der Waals surface area contributed by atoms with Crippen molar-refractivity contribution >= 4 is 11.9 Å². The number of amidine groups is 1. The summed E-state index contributed by atoms with van der Waals surface area (Å²) in [6, 6.07) is 10.3. The first kappa shape index (κ1) is 20.1. The number of carboxylic acid groups (broad SMARTS) is 1. The molecule has 30 heavy (non-hydrogen) atoms. The highest BCUT2D eigenvalue weighted by Gasteiger charge is 2.30. The van der Waals surface area contributed by atoms with E-state index >= 15 is 0 Å². The van der Waals surface area contributed by atoms with Gasteiger partial charge in [-0.3, -0.25) is 4.99 Å². The number of fused-ring (bicyclic) bond motifs is 1. The van der Waals surface area contributed by atoms with E-state index in [2.05, 4.69) is 10.3 Å². The lowest BCUT2D eigenvalue weighted by molar-refractivity contribution is -0.137. The first-order valence-corrected chi connectivity index (χ1v) is 9.55. The topological polar surface area (TPSA) is 74.2 Å². The molecule has 1 atom stereocenters. The van der Waals surface area contributed by atoms with E-state index in [4.69, 9.17) is 9.84 Å². The molecule has 0 aromatic heterocycles. The number of nitrogens with one attached hydrogen (secondary N) is 1. The molecular formula is C21H20F3N3O3. The number of aliphatic imine (C=N–C) groups is 1. The molecule has 2 aliphatic rings. The van der Waals surface area contributed by atoms with Crippen LogP contribution in [0.1, 0.15) is 17.5 Å². The van der Waals surface area contributed by atoms with Crippen molar-refractivity contribution in [3.63, 3.8) is 0 Å². The largest absolute Gasteiger partial charge is 0.491 e. The summed E-state index contributed by atoms with van der Waals surface area (Å²) < 4.78 is 44.3. The van der Waals surface area contributed by atoms with Crippen molar-refractivity contribution in [1.29, 1.82) is 0 Å². The maximum absolute atomic E-state index is 12.8. The fourth-order valence-electron chi connectivity index (χ4n) is 3.64. The van der Waals surface area contributed by atoms with Crippen molar-refractivity contribution in [3.8, 4) is 16.9 Å². The SMILES string of the molecule is O=C(O)N1CCC(NC2=NCCOc3ccc(-c4ccc(C(F)(F)F)cc4)cc32)C1. The van der Waals surface area contributed by atoms with Gasteiger partial charge in [0, 0.05) is 19.1 Å². The molecule has 1 fully saturated rings. The first-order chi connectivity index (χ1) is 14.3. The number of likely N-dealkylation sites (tertiary alicyclic amines) is 1.